The van der Waals surface area contributed by atoms with Gasteiger partial charge in [-0.25, -0.2) is 17.5 Å². The van der Waals surface area contributed by atoms with Crippen LogP contribution in [0.5, 0.6) is 0 Å². The van der Waals surface area contributed by atoms with E-state index < -0.39 is 16.1 Å². The Labute approximate surface area is 115 Å². The van der Waals surface area contributed by atoms with Crippen LogP contribution < -0.4 is 10.5 Å². The van der Waals surface area contributed by atoms with Gasteiger partial charge in [-0.05, 0) is 30.7 Å². The molecule has 0 aliphatic carbocycles. The number of thiophene rings is 1. The summed E-state index contributed by atoms with van der Waals surface area (Å²) in [5.74, 6) is -0.357. The van der Waals surface area contributed by atoms with Gasteiger partial charge in [0, 0.05) is 17.1 Å². The minimum Gasteiger partial charge on any atom is -0.398 e. The quantitative estimate of drug-likeness (QED) is 0.911. The van der Waals surface area contributed by atoms with E-state index in [9.17, 15) is 12.8 Å². The zero-order valence-electron chi connectivity index (χ0n) is 10.1. The zero-order chi connectivity index (χ0) is 14.0. The molecule has 102 valence electrons. The minimum absolute atomic E-state index is 0.166. The summed E-state index contributed by atoms with van der Waals surface area (Å²) in [7, 11) is -3.60. The first kappa shape index (κ1) is 14.0. The maximum atomic E-state index is 12.8. The van der Waals surface area contributed by atoms with E-state index in [0.29, 0.717) is 11.3 Å². The van der Waals surface area contributed by atoms with Crippen LogP contribution in [0.25, 0.3) is 0 Å². The van der Waals surface area contributed by atoms with E-state index in [2.05, 4.69) is 4.72 Å². The smallest absolute Gasteiger partial charge is 0.250 e. The summed E-state index contributed by atoms with van der Waals surface area (Å²) in [5.41, 5.74) is 6.62. The lowest BCUT2D eigenvalue weighted by atomic mass is 10.1. The highest BCUT2D eigenvalue weighted by molar-refractivity contribution is 7.91. The summed E-state index contributed by atoms with van der Waals surface area (Å²) in [4.78, 5) is 0. The zero-order valence-corrected chi connectivity index (χ0v) is 11.8. The van der Waals surface area contributed by atoms with Crippen LogP contribution >= 0.6 is 11.3 Å². The van der Waals surface area contributed by atoms with Crippen LogP contribution in [0.15, 0.2) is 39.9 Å². The lowest BCUT2D eigenvalue weighted by molar-refractivity contribution is 0.568. The van der Waals surface area contributed by atoms with Gasteiger partial charge in [0.15, 0.2) is 0 Å². The van der Waals surface area contributed by atoms with Gasteiger partial charge in [0.1, 0.15) is 10.0 Å². The number of benzene rings is 1. The first-order valence-electron chi connectivity index (χ1n) is 5.50. The van der Waals surface area contributed by atoms with Crippen molar-refractivity contribution in [2.45, 2.75) is 17.2 Å². The minimum atomic E-state index is -3.60. The molecule has 2 aromatic rings. The molecular formula is C12H13FN2O2S2. The standard InChI is InChI=1S/C12H13FN2O2S2/c1-8(9-2-4-10(13)5-3-9)15-19(16,17)12-6-11(14)7-18-12/h2-8,15H,14H2,1H3. The maximum Gasteiger partial charge on any atom is 0.250 e. The number of anilines is 1. The predicted octanol–water partition coefficient (Wildman–Crippen LogP) is 2.51. The van der Waals surface area contributed by atoms with E-state index in [1.54, 1.807) is 24.4 Å². The Hall–Kier alpha value is -1.44. The summed E-state index contributed by atoms with van der Waals surface area (Å²) >= 11 is 1.06. The number of halogens is 1. The maximum absolute atomic E-state index is 12.8. The van der Waals surface area contributed by atoms with E-state index in [1.165, 1.54) is 18.2 Å². The number of hydrogen-bond acceptors (Lipinski definition) is 4. The average molecular weight is 300 g/mol. The summed E-state index contributed by atoms with van der Waals surface area (Å²) < 4.78 is 39.6. The highest BCUT2D eigenvalue weighted by Crippen LogP contribution is 2.23. The fraction of sp³-hybridized carbons (Fsp3) is 0.167. The fourth-order valence-corrected chi connectivity index (χ4v) is 3.91. The van der Waals surface area contributed by atoms with Gasteiger partial charge in [-0.3, -0.25) is 0 Å². The third-order valence-electron chi connectivity index (χ3n) is 2.56. The molecule has 1 unspecified atom stereocenters. The van der Waals surface area contributed by atoms with Crippen molar-refractivity contribution >= 4 is 27.0 Å². The first-order valence-corrected chi connectivity index (χ1v) is 7.86. The summed E-state index contributed by atoms with van der Waals surface area (Å²) in [6.07, 6.45) is 0. The molecule has 2 rings (SSSR count). The highest BCUT2D eigenvalue weighted by Gasteiger charge is 2.20. The van der Waals surface area contributed by atoms with Crippen molar-refractivity contribution in [1.29, 1.82) is 0 Å². The normalized spacial score (nSPS) is 13.4. The average Bonchev–Trinajstić information content (AvgIpc) is 2.77. The first-order chi connectivity index (χ1) is 8.88. The molecule has 19 heavy (non-hydrogen) atoms. The molecule has 7 heteroatoms. The van der Waals surface area contributed by atoms with E-state index >= 15 is 0 Å². The summed E-state index contributed by atoms with van der Waals surface area (Å²) in [6, 6.07) is 6.64. The van der Waals surface area contributed by atoms with E-state index in [0.717, 1.165) is 11.3 Å². The van der Waals surface area contributed by atoms with Crippen LogP contribution in [-0.4, -0.2) is 8.42 Å². The van der Waals surface area contributed by atoms with Crippen molar-refractivity contribution in [2.24, 2.45) is 0 Å². The molecule has 1 aromatic carbocycles. The highest BCUT2D eigenvalue weighted by atomic mass is 32.2. The number of nitrogens with one attached hydrogen (secondary N) is 1. The van der Waals surface area contributed by atoms with Crippen molar-refractivity contribution in [1.82, 2.24) is 4.72 Å². The van der Waals surface area contributed by atoms with Gasteiger partial charge in [-0.2, -0.15) is 0 Å². The van der Waals surface area contributed by atoms with E-state index in [-0.39, 0.29) is 10.0 Å². The molecule has 1 heterocycles. The number of nitrogens with two attached hydrogens (primary N) is 1. The molecule has 0 amide bonds. The number of nitrogen functional groups attached to an aromatic ring is 1. The van der Waals surface area contributed by atoms with Gasteiger partial charge < -0.3 is 5.73 Å². The molecule has 0 bridgehead atoms. The van der Waals surface area contributed by atoms with Crippen LogP contribution in [0.4, 0.5) is 10.1 Å². The second-order valence-electron chi connectivity index (χ2n) is 4.09. The number of sulfonamides is 1. The Morgan fingerprint density at radius 3 is 2.47 bits per heavy atom. The topological polar surface area (TPSA) is 72.2 Å². The SMILES string of the molecule is CC(NS(=O)(=O)c1cc(N)cs1)c1ccc(F)cc1. The third-order valence-corrected chi connectivity index (χ3v) is 5.56. The van der Waals surface area contributed by atoms with Gasteiger partial charge in [0.25, 0.3) is 10.0 Å². The summed E-state index contributed by atoms with van der Waals surface area (Å²) in [6.45, 7) is 1.70. The Bertz CT molecular complexity index is 665. The fourth-order valence-electron chi connectivity index (χ4n) is 1.58. The van der Waals surface area contributed by atoms with Crippen molar-refractivity contribution in [2.75, 3.05) is 5.73 Å². The van der Waals surface area contributed by atoms with Gasteiger partial charge in [0.2, 0.25) is 0 Å². The molecule has 1 atom stereocenters. The largest absolute Gasteiger partial charge is 0.398 e. The molecular weight excluding hydrogens is 287 g/mol. The van der Waals surface area contributed by atoms with Crippen molar-refractivity contribution < 1.29 is 12.8 Å². The van der Waals surface area contributed by atoms with Crippen LogP contribution in [0.1, 0.15) is 18.5 Å². The number of hydrogen-bond donors (Lipinski definition) is 2. The van der Waals surface area contributed by atoms with Gasteiger partial charge >= 0.3 is 0 Å². The lowest BCUT2D eigenvalue weighted by Crippen LogP contribution is -2.26. The molecule has 4 nitrogen and oxygen atoms in total. The van der Waals surface area contributed by atoms with Gasteiger partial charge in [-0.1, -0.05) is 12.1 Å². The van der Waals surface area contributed by atoms with E-state index in [1.807, 2.05) is 0 Å². The third kappa shape index (κ3) is 3.31. The molecule has 3 N–H and O–H groups in total. The second-order valence-corrected chi connectivity index (χ2v) is 6.95. The Balaban J connectivity index is 2.18. The van der Waals surface area contributed by atoms with Crippen LogP contribution in [0, 0.1) is 5.82 Å². The van der Waals surface area contributed by atoms with Crippen molar-refractivity contribution in [3.63, 3.8) is 0 Å². The molecule has 0 aliphatic heterocycles. The van der Waals surface area contributed by atoms with Crippen LogP contribution in [0.2, 0.25) is 0 Å². The molecule has 0 aliphatic rings. The Morgan fingerprint density at radius 1 is 1.32 bits per heavy atom. The lowest BCUT2D eigenvalue weighted by Gasteiger charge is -2.13. The van der Waals surface area contributed by atoms with Crippen molar-refractivity contribution in [3.05, 3.63) is 47.1 Å². The second kappa shape index (κ2) is 5.28. The molecule has 0 radical (unpaired) electrons. The van der Waals surface area contributed by atoms with Crippen LogP contribution in [0.3, 0.4) is 0 Å². The molecule has 0 spiro atoms. The molecule has 0 fully saturated rings. The molecule has 0 saturated heterocycles. The predicted molar refractivity (Wildman–Crippen MR) is 73.9 cm³/mol. The van der Waals surface area contributed by atoms with E-state index in [4.69, 9.17) is 5.73 Å². The molecule has 0 saturated carbocycles. The molecule has 1 aromatic heterocycles. The Morgan fingerprint density at radius 2 is 1.95 bits per heavy atom. The van der Waals surface area contributed by atoms with Crippen LogP contribution in [-0.2, 0) is 10.0 Å². The number of rotatable bonds is 4. The van der Waals surface area contributed by atoms with Gasteiger partial charge in [-0.15, -0.1) is 11.3 Å². The monoisotopic (exact) mass is 300 g/mol. The van der Waals surface area contributed by atoms with Gasteiger partial charge in [0.05, 0.1) is 0 Å². The Kier molecular flexibility index (Phi) is 3.88. The van der Waals surface area contributed by atoms with Crippen molar-refractivity contribution in [3.8, 4) is 0 Å². The summed E-state index contributed by atoms with van der Waals surface area (Å²) in [5, 5.41) is 1.57.